The summed E-state index contributed by atoms with van der Waals surface area (Å²) in [6.07, 6.45) is 0. The summed E-state index contributed by atoms with van der Waals surface area (Å²) in [4.78, 5) is 26.2. The summed E-state index contributed by atoms with van der Waals surface area (Å²) in [7, 11) is 0. The zero-order chi connectivity index (χ0) is 21.1. The van der Waals surface area contributed by atoms with Crippen LogP contribution in [0, 0.1) is 6.92 Å². The van der Waals surface area contributed by atoms with Gasteiger partial charge in [0.25, 0.3) is 5.91 Å². The Kier molecular flexibility index (Phi) is 6.25. The molecule has 0 saturated carbocycles. The Balaban J connectivity index is 1.89. The topological polar surface area (TPSA) is 75.4 Å². The van der Waals surface area contributed by atoms with Crippen LogP contribution in [0.5, 0.6) is 0 Å². The van der Waals surface area contributed by atoms with Crippen LogP contribution in [0.2, 0.25) is 10.0 Å². The second-order valence-electron chi connectivity index (χ2n) is 6.32. The molecular weight excluding hydrogens is 413 g/mol. The van der Waals surface area contributed by atoms with Crippen molar-refractivity contribution in [2.45, 2.75) is 20.8 Å². The van der Waals surface area contributed by atoms with E-state index >= 15 is 0 Å². The highest BCUT2D eigenvalue weighted by Gasteiger charge is 2.25. The molecule has 1 N–H and O–H groups in total. The van der Waals surface area contributed by atoms with Crippen LogP contribution in [0.3, 0.4) is 0 Å². The van der Waals surface area contributed by atoms with Crippen molar-refractivity contribution >= 4 is 46.4 Å². The quantitative estimate of drug-likeness (QED) is 0.571. The molecule has 29 heavy (non-hydrogen) atoms. The zero-order valence-electron chi connectivity index (χ0n) is 16.1. The molecule has 0 aliphatic heterocycles. The van der Waals surface area contributed by atoms with Gasteiger partial charge in [0, 0.05) is 30.4 Å². The van der Waals surface area contributed by atoms with Gasteiger partial charge in [0.2, 0.25) is 5.91 Å². The molecule has 0 radical (unpaired) electrons. The first kappa shape index (κ1) is 20.9. The maximum Gasteiger partial charge on any atom is 0.261 e. The van der Waals surface area contributed by atoms with Crippen molar-refractivity contribution in [1.29, 1.82) is 0 Å². The Morgan fingerprint density at radius 1 is 1.10 bits per heavy atom. The van der Waals surface area contributed by atoms with Crippen molar-refractivity contribution in [3.63, 3.8) is 0 Å². The number of hydrogen-bond acceptors (Lipinski definition) is 4. The van der Waals surface area contributed by atoms with Gasteiger partial charge >= 0.3 is 0 Å². The minimum Gasteiger partial charge on any atom is -0.360 e. The van der Waals surface area contributed by atoms with E-state index in [1.807, 2.05) is 6.92 Å². The van der Waals surface area contributed by atoms with Gasteiger partial charge in [-0.05, 0) is 50.2 Å². The molecular formula is C21H19Cl2N3O3. The number of amides is 2. The minimum atomic E-state index is -0.401. The third-order valence-corrected chi connectivity index (χ3v) is 5.05. The van der Waals surface area contributed by atoms with Gasteiger partial charge in [-0.3, -0.25) is 9.59 Å². The summed E-state index contributed by atoms with van der Waals surface area (Å²) >= 11 is 12.5. The van der Waals surface area contributed by atoms with Crippen LogP contribution in [0.15, 0.2) is 47.0 Å². The summed E-state index contributed by atoms with van der Waals surface area (Å²) in [6.45, 7) is 5.61. The second kappa shape index (κ2) is 8.68. The average molecular weight is 432 g/mol. The van der Waals surface area contributed by atoms with Crippen LogP contribution < -0.4 is 10.2 Å². The Morgan fingerprint density at radius 2 is 1.72 bits per heavy atom. The molecule has 2 amide bonds. The molecule has 0 saturated heterocycles. The molecule has 6 nitrogen and oxygen atoms in total. The number of aromatic nitrogens is 1. The molecule has 0 spiro atoms. The average Bonchev–Trinajstić information content (AvgIpc) is 3.04. The van der Waals surface area contributed by atoms with Crippen LogP contribution in [-0.4, -0.2) is 23.5 Å². The van der Waals surface area contributed by atoms with Crippen LogP contribution in [0.1, 0.15) is 30.0 Å². The largest absolute Gasteiger partial charge is 0.360 e. The highest BCUT2D eigenvalue weighted by Crippen LogP contribution is 2.37. The summed E-state index contributed by atoms with van der Waals surface area (Å²) in [6, 6.07) is 12.0. The smallest absolute Gasteiger partial charge is 0.261 e. The van der Waals surface area contributed by atoms with Crippen molar-refractivity contribution in [1.82, 2.24) is 5.16 Å². The molecule has 0 atom stereocenters. The lowest BCUT2D eigenvalue weighted by Gasteiger charge is -2.19. The van der Waals surface area contributed by atoms with Crippen molar-refractivity contribution in [2.75, 3.05) is 16.8 Å². The fraction of sp³-hybridized carbons (Fsp3) is 0.190. The normalized spacial score (nSPS) is 10.7. The predicted molar refractivity (Wildman–Crippen MR) is 115 cm³/mol. The van der Waals surface area contributed by atoms with E-state index in [0.717, 1.165) is 5.69 Å². The van der Waals surface area contributed by atoms with Gasteiger partial charge in [-0.2, -0.15) is 0 Å². The molecule has 0 bridgehead atoms. The monoisotopic (exact) mass is 431 g/mol. The zero-order valence-corrected chi connectivity index (χ0v) is 17.6. The van der Waals surface area contributed by atoms with Crippen LogP contribution in [0.25, 0.3) is 11.3 Å². The van der Waals surface area contributed by atoms with Gasteiger partial charge < -0.3 is 14.7 Å². The number of aryl methyl sites for hydroxylation is 1. The first-order valence-electron chi connectivity index (χ1n) is 8.93. The van der Waals surface area contributed by atoms with Crippen molar-refractivity contribution in [2.24, 2.45) is 0 Å². The highest BCUT2D eigenvalue weighted by molar-refractivity contribution is 6.39. The Bertz CT molecular complexity index is 1040. The lowest BCUT2D eigenvalue weighted by atomic mass is 10.1. The van der Waals surface area contributed by atoms with E-state index < -0.39 is 5.91 Å². The van der Waals surface area contributed by atoms with E-state index in [0.29, 0.717) is 33.6 Å². The highest BCUT2D eigenvalue weighted by atomic mass is 35.5. The molecule has 0 unspecified atom stereocenters. The number of hydrogen-bond donors (Lipinski definition) is 1. The molecule has 150 valence electrons. The summed E-state index contributed by atoms with van der Waals surface area (Å²) in [5.41, 5.74) is 2.29. The van der Waals surface area contributed by atoms with E-state index in [2.05, 4.69) is 10.5 Å². The molecule has 3 rings (SSSR count). The molecule has 0 aliphatic carbocycles. The maximum atomic E-state index is 12.9. The van der Waals surface area contributed by atoms with E-state index in [-0.39, 0.29) is 17.2 Å². The summed E-state index contributed by atoms with van der Waals surface area (Å²) in [5.74, 6) is -0.106. The van der Waals surface area contributed by atoms with E-state index in [1.54, 1.807) is 54.3 Å². The van der Waals surface area contributed by atoms with Crippen molar-refractivity contribution in [3.05, 3.63) is 63.8 Å². The van der Waals surface area contributed by atoms with Gasteiger partial charge in [0.1, 0.15) is 17.0 Å². The lowest BCUT2D eigenvalue weighted by Crippen LogP contribution is -2.27. The van der Waals surface area contributed by atoms with Gasteiger partial charge in [0.05, 0.1) is 10.0 Å². The SMILES string of the molecule is CCN(C(C)=O)c1ccc(NC(=O)c2c(-c3c(Cl)cccc3Cl)noc2C)cc1. The maximum absolute atomic E-state index is 12.9. The van der Waals surface area contributed by atoms with E-state index in [4.69, 9.17) is 27.7 Å². The van der Waals surface area contributed by atoms with E-state index in [9.17, 15) is 9.59 Å². The molecule has 0 aliphatic rings. The molecule has 1 aromatic heterocycles. The molecule has 0 fully saturated rings. The first-order chi connectivity index (χ1) is 13.8. The first-order valence-corrected chi connectivity index (χ1v) is 9.69. The number of benzene rings is 2. The Morgan fingerprint density at radius 3 is 2.28 bits per heavy atom. The number of rotatable bonds is 5. The fourth-order valence-electron chi connectivity index (χ4n) is 3.04. The van der Waals surface area contributed by atoms with Crippen LogP contribution >= 0.6 is 23.2 Å². The predicted octanol–water partition coefficient (Wildman–Crippen LogP) is 5.58. The Labute approximate surface area is 178 Å². The standard InChI is InChI=1S/C21H19Cl2N3O3/c1-4-26(13(3)27)15-10-8-14(9-11-15)24-21(28)18-12(2)29-25-20(18)19-16(22)6-5-7-17(19)23/h5-11H,4H2,1-3H3,(H,24,28). The third-order valence-electron chi connectivity index (χ3n) is 4.42. The van der Waals surface area contributed by atoms with Gasteiger partial charge in [-0.25, -0.2) is 0 Å². The summed E-state index contributed by atoms with van der Waals surface area (Å²) in [5, 5.41) is 7.55. The Hall–Kier alpha value is -2.83. The number of carbonyl (C=O) groups excluding carboxylic acids is 2. The number of nitrogens with zero attached hydrogens (tertiary/aromatic N) is 2. The van der Waals surface area contributed by atoms with Crippen molar-refractivity contribution < 1.29 is 14.1 Å². The molecule has 3 aromatic rings. The fourth-order valence-corrected chi connectivity index (χ4v) is 3.62. The van der Waals surface area contributed by atoms with Crippen LogP contribution in [0.4, 0.5) is 11.4 Å². The summed E-state index contributed by atoms with van der Waals surface area (Å²) < 4.78 is 5.24. The number of nitrogens with one attached hydrogen (secondary N) is 1. The molecule has 1 heterocycles. The van der Waals surface area contributed by atoms with E-state index in [1.165, 1.54) is 6.92 Å². The third kappa shape index (κ3) is 4.28. The van der Waals surface area contributed by atoms with Crippen LogP contribution in [-0.2, 0) is 4.79 Å². The number of halogens is 2. The van der Waals surface area contributed by atoms with Gasteiger partial charge in [-0.1, -0.05) is 34.4 Å². The lowest BCUT2D eigenvalue weighted by molar-refractivity contribution is -0.116. The number of anilines is 2. The van der Waals surface area contributed by atoms with Crippen molar-refractivity contribution in [3.8, 4) is 11.3 Å². The minimum absolute atomic E-state index is 0.0503. The number of carbonyl (C=O) groups is 2. The second-order valence-corrected chi connectivity index (χ2v) is 7.14. The molecule has 8 heteroatoms. The van der Waals surface area contributed by atoms with Gasteiger partial charge in [-0.15, -0.1) is 0 Å². The van der Waals surface area contributed by atoms with Gasteiger partial charge in [0.15, 0.2) is 0 Å². The molecule has 2 aromatic carbocycles.